The van der Waals surface area contributed by atoms with Crippen LogP contribution in [0.2, 0.25) is 0 Å². The molecule has 5 nitrogen and oxygen atoms in total. The second kappa shape index (κ2) is 10.0. The zero-order valence-corrected chi connectivity index (χ0v) is 11.7. The Labute approximate surface area is 119 Å². The van der Waals surface area contributed by atoms with Crippen molar-refractivity contribution in [1.29, 1.82) is 0 Å². The van der Waals surface area contributed by atoms with Crippen LogP contribution in [0.15, 0.2) is 47.6 Å². The van der Waals surface area contributed by atoms with Gasteiger partial charge in [-0.3, -0.25) is 0 Å². The van der Waals surface area contributed by atoms with Gasteiger partial charge in [-0.25, -0.2) is 0 Å². The van der Waals surface area contributed by atoms with E-state index in [0.29, 0.717) is 6.61 Å². The van der Waals surface area contributed by atoms with Gasteiger partial charge in [-0.15, -0.1) is 0 Å². The van der Waals surface area contributed by atoms with E-state index in [4.69, 9.17) is 10.3 Å². The second-order valence-corrected chi connectivity index (χ2v) is 4.43. The van der Waals surface area contributed by atoms with Crippen molar-refractivity contribution >= 4 is 0 Å². The van der Waals surface area contributed by atoms with E-state index in [1.54, 1.807) is 0 Å². The van der Waals surface area contributed by atoms with Crippen molar-refractivity contribution in [3.63, 3.8) is 0 Å². The number of aliphatic hydroxyl groups excluding tert-OH is 1. The first-order chi connectivity index (χ1) is 9.81. The van der Waals surface area contributed by atoms with Gasteiger partial charge in [0.2, 0.25) is 0 Å². The fraction of sp³-hybridized carbons (Fsp3) is 0.467. The summed E-state index contributed by atoms with van der Waals surface area (Å²) in [6.45, 7) is 2.26. The summed E-state index contributed by atoms with van der Waals surface area (Å²) in [6.07, 6.45) is 5.41. The van der Waals surface area contributed by atoms with Crippen LogP contribution in [0.5, 0.6) is 0 Å². The van der Waals surface area contributed by atoms with E-state index < -0.39 is 12.1 Å². The van der Waals surface area contributed by atoms with Crippen LogP contribution in [0.25, 0.3) is 10.4 Å². The summed E-state index contributed by atoms with van der Waals surface area (Å²) >= 11 is 0. The van der Waals surface area contributed by atoms with E-state index in [9.17, 15) is 5.11 Å². The first kappa shape index (κ1) is 16.2. The van der Waals surface area contributed by atoms with Crippen LogP contribution in [0, 0.1) is 0 Å². The first-order valence-corrected chi connectivity index (χ1v) is 6.79. The summed E-state index contributed by atoms with van der Waals surface area (Å²) in [7, 11) is 0. The van der Waals surface area contributed by atoms with Crippen molar-refractivity contribution in [3.8, 4) is 0 Å². The lowest BCUT2D eigenvalue weighted by Gasteiger charge is -2.19. The summed E-state index contributed by atoms with van der Waals surface area (Å²) in [5.41, 5.74) is 9.58. The smallest absolute Gasteiger partial charge is 0.0903 e. The molecule has 0 radical (unpaired) electrons. The standard InChI is InChI=1S/C15H21N3O2/c1-2-3-5-10-15(14(11-19)17-18-16)20-12-13-8-6-4-7-9-13/h4-10,14-15,19H,2-3,11-12H2,1H3. The van der Waals surface area contributed by atoms with Gasteiger partial charge < -0.3 is 9.84 Å². The number of hydrogen-bond acceptors (Lipinski definition) is 3. The highest BCUT2D eigenvalue weighted by atomic mass is 16.5. The predicted octanol–water partition coefficient (Wildman–Crippen LogP) is 3.60. The van der Waals surface area contributed by atoms with Gasteiger partial charge in [0.1, 0.15) is 0 Å². The average Bonchev–Trinajstić information content (AvgIpc) is 2.50. The molecule has 0 saturated carbocycles. The molecule has 108 valence electrons. The Morgan fingerprint density at radius 3 is 2.75 bits per heavy atom. The number of ether oxygens (including phenoxy) is 1. The summed E-state index contributed by atoms with van der Waals surface area (Å²) in [4.78, 5) is 2.76. The molecular weight excluding hydrogens is 254 g/mol. The van der Waals surface area contributed by atoms with Crippen molar-refractivity contribution in [2.45, 2.75) is 38.5 Å². The van der Waals surface area contributed by atoms with E-state index in [0.717, 1.165) is 18.4 Å². The third-order valence-electron chi connectivity index (χ3n) is 2.83. The molecule has 0 aromatic heterocycles. The number of unbranched alkanes of at least 4 members (excludes halogenated alkanes) is 1. The van der Waals surface area contributed by atoms with E-state index in [-0.39, 0.29) is 6.61 Å². The van der Waals surface area contributed by atoms with E-state index >= 15 is 0 Å². The molecule has 1 N–H and O–H groups in total. The number of allylic oxidation sites excluding steroid dienone is 1. The molecule has 2 unspecified atom stereocenters. The van der Waals surface area contributed by atoms with Crippen molar-refractivity contribution in [3.05, 3.63) is 58.5 Å². The van der Waals surface area contributed by atoms with Crippen LogP contribution < -0.4 is 0 Å². The fourth-order valence-corrected chi connectivity index (χ4v) is 1.73. The molecule has 1 aromatic carbocycles. The minimum absolute atomic E-state index is 0.236. The summed E-state index contributed by atoms with van der Waals surface area (Å²) in [5.74, 6) is 0. The van der Waals surface area contributed by atoms with Gasteiger partial charge in [-0.1, -0.05) is 60.9 Å². The number of nitrogens with zero attached hydrogens (tertiary/aromatic N) is 3. The molecule has 5 heteroatoms. The van der Waals surface area contributed by atoms with Gasteiger partial charge in [0.25, 0.3) is 0 Å². The fourth-order valence-electron chi connectivity index (χ4n) is 1.73. The lowest BCUT2D eigenvalue weighted by Crippen LogP contribution is -2.28. The molecule has 0 heterocycles. The highest BCUT2D eigenvalue weighted by Crippen LogP contribution is 2.11. The van der Waals surface area contributed by atoms with Crippen molar-refractivity contribution in [1.82, 2.24) is 0 Å². The van der Waals surface area contributed by atoms with Gasteiger partial charge in [-0.05, 0) is 17.5 Å². The molecule has 20 heavy (non-hydrogen) atoms. The van der Waals surface area contributed by atoms with E-state index in [2.05, 4.69) is 16.9 Å². The highest BCUT2D eigenvalue weighted by Gasteiger charge is 2.17. The Morgan fingerprint density at radius 2 is 2.15 bits per heavy atom. The third kappa shape index (κ3) is 5.89. The Balaban J connectivity index is 2.68. The van der Waals surface area contributed by atoms with Crippen LogP contribution in [-0.4, -0.2) is 23.9 Å². The molecular formula is C15H21N3O2. The molecule has 0 fully saturated rings. The van der Waals surface area contributed by atoms with Gasteiger partial charge in [0.15, 0.2) is 0 Å². The number of aliphatic hydroxyl groups is 1. The third-order valence-corrected chi connectivity index (χ3v) is 2.83. The number of rotatable bonds is 9. The minimum Gasteiger partial charge on any atom is -0.396 e. The maximum Gasteiger partial charge on any atom is 0.0903 e. The zero-order chi connectivity index (χ0) is 14.6. The SMILES string of the molecule is CCCC=CC(OCc1ccccc1)C(CO)N=[N+]=[N-]. The predicted molar refractivity (Wildman–Crippen MR) is 79.1 cm³/mol. The summed E-state index contributed by atoms with van der Waals surface area (Å²) in [5, 5.41) is 12.9. The topological polar surface area (TPSA) is 78.2 Å². The number of azide groups is 1. The maximum atomic E-state index is 9.30. The Bertz CT molecular complexity index is 442. The summed E-state index contributed by atoms with van der Waals surface area (Å²) < 4.78 is 5.77. The molecule has 0 aliphatic heterocycles. The molecule has 0 amide bonds. The minimum atomic E-state index is -0.600. The molecule has 0 saturated heterocycles. The van der Waals surface area contributed by atoms with Crippen LogP contribution in [0.3, 0.4) is 0 Å². The Morgan fingerprint density at radius 1 is 1.40 bits per heavy atom. The molecule has 1 aromatic rings. The lowest BCUT2D eigenvalue weighted by molar-refractivity contribution is 0.0403. The van der Waals surface area contributed by atoms with Gasteiger partial charge >= 0.3 is 0 Å². The maximum absolute atomic E-state index is 9.30. The molecule has 0 aliphatic rings. The van der Waals surface area contributed by atoms with Crippen molar-refractivity contribution < 1.29 is 9.84 Å². The lowest BCUT2D eigenvalue weighted by atomic mass is 10.1. The zero-order valence-electron chi connectivity index (χ0n) is 11.7. The average molecular weight is 275 g/mol. The van der Waals surface area contributed by atoms with Crippen LogP contribution in [0.1, 0.15) is 25.3 Å². The normalized spacial score (nSPS) is 13.9. The van der Waals surface area contributed by atoms with E-state index in [1.807, 2.05) is 42.5 Å². The number of benzene rings is 1. The Kier molecular flexibility index (Phi) is 8.15. The summed E-state index contributed by atoms with van der Waals surface area (Å²) in [6, 6.07) is 9.16. The quantitative estimate of drug-likeness (QED) is 0.323. The van der Waals surface area contributed by atoms with Crippen molar-refractivity contribution in [2.24, 2.45) is 5.11 Å². The van der Waals surface area contributed by atoms with Gasteiger partial charge in [0, 0.05) is 4.91 Å². The molecule has 0 spiro atoms. The van der Waals surface area contributed by atoms with E-state index in [1.165, 1.54) is 0 Å². The van der Waals surface area contributed by atoms with Crippen LogP contribution in [-0.2, 0) is 11.3 Å². The van der Waals surface area contributed by atoms with Crippen molar-refractivity contribution in [2.75, 3.05) is 6.61 Å². The molecule has 0 bridgehead atoms. The highest BCUT2D eigenvalue weighted by molar-refractivity contribution is 5.13. The largest absolute Gasteiger partial charge is 0.396 e. The van der Waals surface area contributed by atoms with Crippen LogP contribution >= 0.6 is 0 Å². The van der Waals surface area contributed by atoms with Gasteiger partial charge in [0.05, 0.1) is 25.4 Å². The van der Waals surface area contributed by atoms with Gasteiger partial charge in [-0.2, -0.15) is 0 Å². The monoisotopic (exact) mass is 275 g/mol. The first-order valence-electron chi connectivity index (χ1n) is 6.79. The second-order valence-electron chi connectivity index (χ2n) is 4.43. The number of hydrogen-bond donors (Lipinski definition) is 1. The molecule has 1 rings (SSSR count). The molecule has 0 aliphatic carbocycles. The molecule has 2 atom stereocenters. The Hall–Kier alpha value is -1.81. The van der Waals surface area contributed by atoms with Crippen LogP contribution in [0.4, 0.5) is 0 Å².